The van der Waals surface area contributed by atoms with Crippen molar-refractivity contribution < 1.29 is 0 Å². The van der Waals surface area contributed by atoms with Crippen molar-refractivity contribution >= 4 is 23.5 Å². The molecule has 1 aliphatic carbocycles. The molecule has 3 heteroatoms. The maximum absolute atomic E-state index is 3.95. The molecule has 1 N–H and O–H groups in total. The first-order chi connectivity index (χ1) is 9.61. The Bertz CT molecular complexity index is 274. The number of rotatable bonds is 5. The van der Waals surface area contributed by atoms with Crippen molar-refractivity contribution in [2.24, 2.45) is 17.8 Å². The lowest BCUT2D eigenvalue weighted by atomic mass is 9.73. The van der Waals surface area contributed by atoms with Crippen molar-refractivity contribution in [2.45, 2.75) is 69.9 Å². The van der Waals surface area contributed by atoms with Gasteiger partial charge in [-0.3, -0.25) is 0 Å². The van der Waals surface area contributed by atoms with Gasteiger partial charge in [-0.25, -0.2) is 0 Å². The van der Waals surface area contributed by atoms with Gasteiger partial charge in [0, 0.05) is 28.0 Å². The van der Waals surface area contributed by atoms with Gasteiger partial charge in [0.05, 0.1) is 0 Å². The van der Waals surface area contributed by atoms with Crippen molar-refractivity contribution in [3.8, 4) is 0 Å². The molecular formula is C17H33NS2. The highest BCUT2D eigenvalue weighted by Crippen LogP contribution is 2.41. The standard InChI is InChI=1S/C17H33NS2/c1-5-6-18-16(17-14(4)19-7-8-20-17)15-10-12(2)9-13(3)11-15/h12-18H,5-11H2,1-4H3. The van der Waals surface area contributed by atoms with E-state index in [1.807, 2.05) is 0 Å². The molecule has 0 radical (unpaired) electrons. The molecule has 20 heavy (non-hydrogen) atoms. The van der Waals surface area contributed by atoms with E-state index in [0.29, 0.717) is 0 Å². The van der Waals surface area contributed by atoms with Crippen LogP contribution in [0, 0.1) is 17.8 Å². The maximum Gasteiger partial charge on any atom is 0.0320 e. The molecule has 1 saturated carbocycles. The van der Waals surface area contributed by atoms with Crippen molar-refractivity contribution in [2.75, 3.05) is 18.1 Å². The minimum Gasteiger partial charge on any atom is -0.313 e. The topological polar surface area (TPSA) is 12.0 Å². The molecule has 1 heterocycles. The second kappa shape index (κ2) is 8.33. The summed E-state index contributed by atoms with van der Waals surface area (Å²) in [6.07, 6.45) is 5.59. The summed E-state index contributed by atoms with van der Waals surface area (Å²) in [5.74, 6) is 5.44. The minimum absolute atomic E-state index is 0.743. The van der Waals surface area contributed by atoms with Gasteiger partial charge in [0.25, 0.3) is 0 Å². The zero-order valence-electron chi connectivity index (χ0n) is 13.7. The Morgan fingerprint density at radius 3 is 2.25 bits per heavy atom. The molecule has 2 rings (SSSR count). The summed E-state index contributed by atoms with van der Waals surface area (Å²) in [5.41, 5.74) is 0. The molecule has 0 amide bonds. The quantitative estimate of drug-likeness (QED) is 0.792. The number of thioether (sulfide) groups is 2. The van der Waals surface area contributed by atoms with E-state index in [1.54, 1.807) is 0 Å². The third-order valence-corrected chi connectivity index (χ3v) is 8.16. The van der Waals surface area contributed by atoms with E-state index in [0.717, 1.165) is 34.3 Å². The molecule has 1 saturated heterocycles. The van der Waals surface area contributed by atoms with E-state index in [1.165, 1.54) is 43.7 Å². The van der Waals surface area contributed by atoms with Crippen LogP contribution in [0.25, 0.3) is 0 Å². The third-order valence-electron chi connectivity index (χ3n) is 4.94. The average Bonchev–Trinajstić information content (AvgIpc) is 2.40. The molecular weight excluding hydrogens is 282 g/mol. The van der Waals surface area contributed by atoms with Gasteiger partial charge in [-0.2, -0.15) is 23.5 Å². The van der Waals surface area contributed by atoms with E-state index in [9.17, 15) is 0 Å². The second-order valence-electron chi connectivity index (χ2n) is 7.07. The Morgan fingerprint density at radius 2 is 1.65 bits per heavy atom. The lowest BCUT2D eigenvalue weighted by molar-refractivity contribution is 0.173. The summed E-state index contributed by atoms with van der Waals surface area (Å²) in [7, 11) is 0. The van der Waals surface area contributed by atoms with Crippen LogP contribution in [-0.4, -0.2) is 34.6 Å². The van der Waals surface area contributed by atoms with Crippen LogP contribution in [0.15, 0.2) is 0 Å². The van der Waals surface area contributed by atoms with Crippen molar-refractivity contribution in [3.63, 3.8) is 0 Å². The van der Waals surface area contributed by atoms with E-state index >= 15 is 0 Å². The van der Waals surface area contributed by atoms with Crippen LogP contribution in [-0.2, 0) is 0 Å². The largest absolute Gasteiger partial charge is 0.313 e. The van der Waals surface area contributed by atoms with Gasteiger partial charge in [0.15, 0.2) is 0 Å². The molecule has 118 valence electrons. The monoisotopic (exact) mass is 315 g/mol. The molecule has 0 aromatic carbocycles. The van der Waals surface area contributed by atoms with Crippen molar-refractivity contribution in [1.29, 1.82) is 0 Å². The van der Waals surface area contributed by atoms with E-state index in [-0.39, 0.29) is 0 Å². The Hall–Kier alpha value is 0.660. The predicted octanol–water partition coefficient (Wildman–Crippen LogP) is 4.66. The zero-order valence-corrected chi connectivity index (χ0v) is 15.4. The van der Waals surface area contributed by atoms with Crippen LogP contribution in [0.2, 0.25) is 0 Å². The van der Waals surface area contributed by atoms with Crippen LogP contribution in [0.5, 0.6) is 0 Å². The van der Waals surface area contributed by atoms with Crippen molar-refractivity contribution in [1.82, 2.24) is 5.32 Å². The molecule has 2 fully saturated rings. The van der Waals surface area contributed by atoms with E-state index in [4.69, 9.17) is 0 Å². The molecule has 5 atom stereocenters. The zero-order chi connectivity index (χ0) is 14.5. The fourth-order valence-electron chi connectivity index (χ4n) is 4.21. The summed E-state index contributed by atoms with van der Waals surface area (Å²) in [4.78, 5) is 0. The number of nitrogens with one attached hydrogen (secondary N) is 1. The third kappa shape index (κ3) is 4.58. The summed E-state index contributed by atoms with van der Waals surface area (Å²) in [6.45, 7) is 10.9. The van der Waals surface area contributed by atoms with Crippen molar-refractivity contribution in [3.05, 3.63) is 0 Å². The predicted molar refractivity (Wildman–Crippen MR) is 95.9 cm³/mol. The number of hydrogen-bond donors (Lipinski definition) is 1. The van der Waals surface area contributed by atoms with Gasteiger partial charge in [0.2, 0.25) is 0 Å². The molecule has 0 aromatic rings. The van der Waals surface area contributed by atoms with Gasteiger partial charge < -0.3 is 5.32 Å². The number of hydrogen-bond acceptors (Lipinski definition) is 3. The summed E-state index contributed by atoms with van der Waals surface area (Å²) in [6, 6.07) is 0.743. The van der Waals surface area contributed by atoms with Crippen LogP contribution in [0.3, 0.4) is 0 Å². The highest BCUT2D eigenvalue weighted by molar-refractivity contribution is 8.07. The molecule has 5 unspecified atom stereocenters. The van der Waals surface area contributed by atoms with Crippen LogP contribution < -0.4 is 5.32 Å². The first kappa shape index (κ1) is 17.0. The smallest absolute Gasteiger partial charge is 0.0320 e. The Labute approximate surface area is 134 Å². The summed E-state index contributed by atoms with van der Waals surface area (Å²) >= 11 is 4.44. The fourth-order valence-corrected chi connectivity index (χ4v) is 7.25. The highest BCUT2D eigenvalue weighted by atomic mass is 32.2. The summed E-state index contributed by atoms with van der Waals surface area (Å²) < 4.78 is 0. The van der Waals surface area contributed by atoms with Gasteiger partial charge in [-0.1, -0.05) is 27.7 Å². The molecule has 0 bridgehead atoms. The highest BCUT2D eigenvalue weighted by Gasteiger charge is 2.37. The van der Waals surface area contributed by atoms with Crippen LogP contribution in [0.1, 0.15) is 53.4 Å². The maximum atomic E-state index is 3.95. The van der Waals surface area contributed by atoms with Gasteiger partial charge >= 0.3 is 0 Å². The Kier molecular flexibility index (Phi) is 7.09. The molecule has 0 aromatic heterocycles. The normalized spacial score (nSPS) is 40.5. The van der Waals surface area contributed by atoms with E-state index < -0.39 is 0 Å². The summed E-state index contributed by atoms with van der Waals surface area (Å²) in [5, 5.41) is 5.58. The second-order valence-corrected chi connectivity index (χ2v) is 9.84. The molecule has 2 aliphatic rings. The lowest BCUT2D eigenvalue weighted by Crippen LogP contribution is -2.50. The average molecular weight is 316 g/mol. The van der Waals surface area contributed by atoms with Crippen LogP contribution in [0.4, 0.5) is 0 Å². The van der Waals surface area contributed by atoms with Crippen LogP contribution >= 0.6 is 23.5 Å². The SMILES string of the molecule is CCCNC(C1CC(C)CC(C)C1)C1SCCSC1C. The Balaban J connectivity index is 2.05. The Morgan fingerprint density at radius 1 is 1.00 bits per heavy atom. The molecule has 1 aliphatic heterocycles. The first-order valence-electron chi connectivity index (χ1n) is 8.58. The fraction of sp³-hybridized carbons (Fsp3) is 1.00. The minimum atomic E-state index is 0.743. The van der Waals surface area contributed by atoms with Gasteiger partial charge in [-0.05, 0) is 50.0 Å². The lowest BCUT2D eigenvalue weighted by Gasteiger charge is -2.43. The van der Waals surface area contributed by atoms with Gasteiger partial charge in [-0.15, -0.1) is 0 Å². The van der Waals surface area contributed by atoms with Gasteiger partial charge in [0.1, 0.15) is 0 Å². The first-order valence-corrected chi connectivity index (χ1v) is 10.7. The van der Waals surface area contributed by atoms with E-state index in [2.05, 4.69) is 56.5 Å². The molecule has 0 spiro atoms. The molecule has 1 nitrogen and oxygen atoms in total.